The van der Waals surface area contributed by atoms with Gasteiger partial charge < -0.3 is 0 Å². The molecule has 0 saturated carbocycles. The fraction of sp³-hybridized carbons (Fsp3) is 0.238. The SMILES string of the molecule is c1ccc(CCCn2cc(-c3nnn4c3-c3ccccc3CC4)nn2)cc1. The largest absolute Gasteiger partial charge is 0.252 e. The van der Waals surface area contributed by atoms with E-state index in [1.807, 2.05) is 21.6 Å². The first-order valence-corrected chi connectivity index (χ1v) is 9.35. The molecule has 134 valence electrons. The van der Waals surface area contributed by atoms with Gasteiger partial charge in [-0.15, -0.1) is 10.2 Å². The summed E-state index contributed by atoms with van der Waals surface area (Å²) >= 11 is 0. The van der Waals surface area contributed by atoms with E-state index in [9.17, 15) is 0 Å². The number of aryl methyl sites for hydroxylation is 4. The van der Waals surface area contributed by atoms with Gasteiger partial charge in [0.25, 0.3) is 0 Å². The van der Waals surface area contributed by atoms with Crippen LogP contribution in [0.15, 0.2) is 60.8 Å². The van der Waals surface area contributed by atoms with Gasteiger partial charge in [0.2, 0.25) is 0 Å². The predicted molar refractivity (Wildman–Crippen MR) is 103 cm³/mol. The molecule has 4 aromatic rings. The first-order chi connectivity index (χ1) is 13.4. The van der Waals surface area contributed by atoms with E-state index in [-0.39, 0.29) is 0 Å². The van der Waals surface area contributed by atoms with Gasteiger partial charge in [0, 0.05) is 18.7 Å². The lowest BCUT2D eigenvalue weighted by atomic mass is 9.97. The zero-order valence-electron chi connectivity index (χ0n) is 15.0. The van der Waals surface area contributed by atoms with Crippen molar-refractivity contribution < 1.29 is 0 Å². The zero-order valence-corrected chi connectivity index (χ0v) is 15.0. The minimum absolute atomic E-state index is 0.785. The fourth-order valence-electron chi connectivity index (χ4n) is 3.71. The van der Waals surface area contributed by atoms with Crippen LogP contribution in [0, 0.1) is 0 Å². The number of nitrogens with zero attached hydrogens (tertiary/aromatic N) is 6. The fourth-order valence-corrected chi connectivity index (χ4v) is 3.71. The van der Waals surface area contributed by atoms with Crippen molar-refractivity contribution in [3.8, 4) is 22.6 Å². The average Bonchev–Trinajstić information content (AvgIpc) is 3.35. The normalized spacial score (nSPS) is 12.6. The summed E-state index contributed by atoms with van der Waals surface area (Å²) < 4.78 is 3.88. The van der Waals surface area contributed by atoms with E-state index in [1.165, 1.54) is 16.7 Å². The van der Waals surface area contributed by atoms with Gasteiger partial charge in [-0.3, -0.25) is 4.68 Å². The Hall–Kier alpha value is -3.28. The Morgan fingerprint density at radius 3 is 2.67 bits per heavy atom. The number of hydrogen-bond acceptors (Lipinski definition) is 4. The Balaban J connectivity index is 1.36. The quantitative estimate of drug-likeness (QED) is 0.550. The number of hydrogen-bond donors (Lipinski definition) is 0. The van der Waals surface area contributed by atoms with Crippen LogP contribution in [0.25, 0.3) is 22.6 Å². The predicted octanol–water partition coefficient (Wildman–Crippen LogP) is 3.39. The van der Waals surface area contributed by atoms with Gasteiger partial charge >= 0.3 is 0 Å². The minimum Gasteiger partial charge on any atom is -0.252 e. The highest BCUT2D eigenvalue weighted by Gasteiger charge is 2.24. The second-order valence-corrected chi connectivity index (χ2v) is 6.87. The number of rotatable bonds is 5. The van der Waals surface area contributed by atoms with Gasteiger partial charge in [-0.05, 0) is 30.4 Å². The van der Waals surface area contributed by atoms with Crippen molar-refractivity contribution in [2.75, 3.05) is 0 Å². The van der Waals surface area contributed by atoms with Gasteiger partial charge in [0.15, 0.2) is 0 Å². The molecule has 0 bridgehead atoms. The van der Waals surface area contributed by atoms with Crippen molar-refractivity contribution in [1.29, 1.82) is 0 Å². The van der Waals surface area contributed by atoms with Crippen LogP contribution >= 0.6 is 0 Å². The summed E-state index contributed by atoms with van der Waals surface area (Å²) in [6, 6.07) is 19.0. The average molecular weight is 356 g/mol. The molecule has 0 atom stereocenters. The molecule has 0 aliphatic carbocycles. The number of benzene rings is 2. The van der Waals surface area contributed by atoms with Crippen LogP contribution in [0.1, 0.15) is 17.5 Å². The van der Waals surface area contributed by atoms with Crippen molar-refractivity contribution in [2.45, 2.75) is 32.4 Å². The van der Waals surface area contributed by atoms with Crippen LogP contribution in [0.4, 0.5) is 0 Å². The standard InChI is InChI=1S/C21H20N6/c1-2-7-16(8-3-1)9-6-13-26-15-19(22-24-26)20-21-18-11-5-4-10-17(18)12-14-27(21)25-23-20/h1-5,7-8,10-11,15H,6,9,12-14H2. The maximum Gasteiger partial charge on any atom is 0.142 e. The third-order valence-electron chi connectivity index (χ3n) is 5.08. The van der Waals surface area contributed by atoms with Crippen LogP contribution in [-0.4, -0.2) is 30.0 Å². The van der Waals surface area contributed by atoms with Gasteiger partial charge in [-0.1, -0.05) is 65.0 Å². The van der Waals surface area contributed by atoms with Gasteiger partial charge in [-0.2, -0.15) is 0 Å². The Kier molecular flexibility index (Phi) is 4.01. The van der Waals surface area contributed by atoms with Crippen LogP contribution in [0.2, 0.25) is 0 Å². The molecule has 6 heteroatoms. The molecule has 3 heterocycles. The van der Waals surface area contributed by atoms with Crippen LogP contribution in [0.3, 0.4) is 0 Å². The zero-order chi connectivity index (χ0) is 18.1. The highest BCUT2D eigenvalue weighted by atomic mass is 15.5. The summed E-state index contributed by atoms with van der Waals surface area (Å²) in [6.45, 7) is 1.69. The Labute approximate surface area is 157 Å². The van der Waals surface area contributed by atoms with E-state index in [0.29, 0.717) is 0 Å². The summed E-state index contributed by atoms with van der Waals surface area (Å²) in [5.74, 6) is 0. The van der Waals surface area contributed by atoms with E-state index < -0.39 is 0 Å². The van der Waals surface area contributed by atoms with E-state index in [4.69, 9.17) is 0 Å². The molecular formula is C21H20N6. The first-order valence-electron chi connectivity index (χ1n) is 9.35. The van der Waals surface area contributed by atoms with E-state index in [1.54, 1.807) is 0 Å². The van der Waals surface area contributed by atoms with Gasteiger partial charge in [0.05, 0.1) is 11.9 Å². The van der Waals surface area contributed by atoms with E-state index >= 15 is 0 Å². The summed E-state index contributed by atoms with van der Waals surface area (Å²) in [7, 11) is 0. The lowest BCUT2D eigenvalue weighted by Crippen LogP contribution is -2.12. The first kappa shape index (κ1) is 15.9. The summed E-state index contributed by atoms with van der Waals surface area (Å²) in [5.41, 5.74) is 6.53. The second kappa shape index (κ2) is 6.79. The van der Waals surface area contributed by atoms with Crippen molar-refractivity contribution in [3.63, 3.8) is 0 Å². The highest BCUT2D eigenvalue weighted by Crippen LogP contribution is 2.34. The van der Waals surface area contributed by atoms with E-state index in [2.05, 4.69) is 69.2 Å². The van der Waals surface area contributed by atoms with Crippen molar-refractivity contribution in [1.82, 2.24) is 30.0 Å². The molecule has 5 rings (SSSR count). The Morgan fingerprint density at radius 1 is 0.889 bits per heavy atom. The third kappa shape index (κ3) is 3.03. The number of fused-ring (bicyclic) bond motifs is 3. The van der Waals surface area contributed by atoms with Gasteiger partial charge in [0.1, 0.15) is 11.4 Å². The van der Waals surface area contributed by atoms with Crippen LogP contribution in [-0.2, 0) is 25.9 Å². The van der Waals surface area contributed by atoms with Crippen molar-refractivity contribution in [2.24, 2.45) is 0 Å². The monoisotopic (exact) mass is 356 g/mol. The van der Waals surface area contributed by atoms with E-state index in [0.717, 1.165) is 49.4 Å². The van der Waals surface area contributed by atoms with Crippen molar-refractivity contribution in [3.05, 3.63) is 71.9 Å². The smallest absolute Gasteiger partial charge is 0.142 e. The minimum atomic E-state index is 0.785. The van der Waals surface area contributed by atoms with Gasteiger partial charge in [-0.25, -0.2) is 4.68 Å². The topological polar surface area (TPSA) is 61.4 Å². The molecule has 0 amide bonds. The molecule has 1 aliphatic heterocycles. The highest BCUT2D eigenvalue weighted by molar-refractivity contribution is 5.78. The molecule has 2 aromatic carbocycles. The molecule has 0 spiro atoms. The second-order valence-electron chi connectivity index (χ2n) is 6.87. The molecule has 0 unspecified atom stereocenters. The maximum absolute atomic E-state index is 4.41. The summed E-state index contributed by atoms with van der Waals surface area (Å²) in [6.07, 6.45) is 5.02. The van der Waals surface area contributed by atoms with Crippen LogP contribution in [0.5, 0.6) is 0 Å². The van der Waals surface area contributed by atoms with Crippen LogP contribution < -0.4 is 0 Å². The summed E-state index contributed by atoms with van der Waals surface area (Å²) in [4.78, 5) is 0. The number of aromatic nitrogens is 6. The maximum atomic E-state index is 4.41. The summed E-state index contributed by atoms with van der Waals surface area (Å²) in [5, 5.41) is 17.4. The lowest BCUT2D eigenvalue weighted by Gasteiger charge is -2.17. The molecule has 0 saturated heterocycles. The molecule has 0 fully saturated rings. The molecular weight excluding hydrogens is 336 g/mol. The lowest BCUT2D eigenvalue weighted by molar-refractivity contribution is 0.559. The molecule has 1 aliphatic rings. The molecule has 2 aromatic heterocycles. The molecule has 6 nitrogen and oxygen atoms in total. The third-order valence-corrected chi connectivity index (χ3v) is 5.08. The van der Waals surface area contributed by atoms with Crippen molar-refractivity contribution >= 4 is 0 Å². The Bertz CT molecular complexity index is 1060. The Morgan fingerprint density at radius 2 is 1.74 bits per heavy atom. The molecule has 0 N–H and O–H groups in total. The molecule has 27 heavy (non-hydrogen) atoms. The molecule has 0 radical (unpaired) electrons.